The van der Waals surface area contributed by atoms with Gasteiger partial charge in [0.25, 0.3) is 0 Å². The van der Waals surface area contributed by atoms with Gasteiger partial charge in [-0.1, -0.05) is 48.5 Å². The summed E-state index contributed by atoms with van der Waals surface area (Å²) in [5.74, 6) is -2.14. The molecular formula is C22H21NO3. The molecule has 0 saturated heterocycles. The van der Waals surface area contributed by atoms with Crippen molar-refractivity contribution >= 4 is 11.9 Å². The summed E-state index contributed by atoms with van der Waals surface area (Å²) in [6.07, 6.45) is 2.32. The Balaban J connectivity index is 1.65. The maximum Gasteiger partial charge on any atom is 0.308 e. The first kappa shape index (κ1) is 15.6. The van der Waals surface area contributed by atoms with Crippen LogP contribution in [0.1, 0.15) is 46.9 Å². The Bertz CT molecular complexity index is 854. The van der Waals surface area contributed by atoms with Crippen molar-refractivity contribution in [2.45, 2.75) is 24.7 Å². The Morgan fingerprint density at radius 2 is 1.31 bits per heavy atom. The number of amides is 1. The third kappa shape index (κ3) is 2.21. The van der Waals surface area contributed by atoms with Gasteiger partial charge in [0.15, 0.2) is 0 Å². The van der Waals surface area contributed by atoms with Crippen LogP contribution in [0.4, 0.5) is 0 Å². The first-order valence-corrected chi connectivity index (χ1v) is 9.35. The zero-order valence-electron chi connectivity index (χ0n) is 14.4. The molecule has 0 aromatic heterocycles. The number of carboxylic acids is 1. The van der Waals surface area contributed by atoms with Crippen molar-refractivity contribution < 1.29 is 14.7 Å². The summed E-state index contributed by atoms with van der Waals surface area (Å²) in [6, 6.07) is 16.1. The summed E-state index contributed by atoms with van der Waals surface area (Å²) >= 11 is 0. The number of rotatable bonds is 4. The number of nitrogens with one attached hydrogen (secondary N) is 1. The highest BCUT2D eigenvalue weighted by atomic mass is 16.4. The molecule has 4 heteroatoms. The molecule has 0 unspecified atom stereocenters. The monoisotopic (exact) mass is 347 g/mol. The molecule has 1 saturated carbocycles. The van der Waals surface area contributed by atoms with Crippen LogP contribution in [-0.4, -0.2) is 23.5 Å². The van der Waals surface area contributed by atoms with Crippen LogP contribution in [0.2, 0.25) is 0 Å². The van der Waals surface area contributed by atoms with E-state index in [0.717, 1.165) is 35.1 Å². The van der Waals surface area contributed by atoms with E-state index in [4.69, 9.17) is 0 Å². The van der Waals surface area contributed by atoms with Crippen LogP contribution in [0.5, 0.6) is 0 Å². The molecule has 4 nitrogen and oxygen atoms in total. The van der Waals surface area contributed by atoms with E-state index in [1.807, 2.05) is 36.4 Å². The molecule has 26 heavy (non-hydrogen) atoms. The molecule has 2 aromatic rings. The quantitative estimate of drug-likeness (QED) is 0.893. The summed E-state index contributed by atoms with van der Waals surface area (Å²) in [7, 11) is 0. The molecule has 6 rings (SSSR count). The van der Waals surface area contributed by atoms with Crippen molar-refractivity contribution in [1.29, 1.82) is 0 Å². The van der Waals surface area contributed by atoms with Crippen molar-refractivity contribution in [3.8, 4) is 0 Å². The van der Waals surface area contributed by atoms with Crippen LogP contribution >= 0.6 is 0 Å². The van der Waals surface area contributed by atoms with Crippen molar-refractivity contribution in [3.05, 3.63) is 70.8 Å². The van der Waals surface area contributed by atoms with Crippen LogP contribution < -0.4 is 5.32 Å². The summed E-state index contributed by atoms with van der Waals surface area (Å²) in [5, 5.41) is 13.1. The fourth-order valence-electron chi connectivity index (χ4n) is 4.97. The minimum absolute atomic E-state index is 0.108. The number of carboxylic acid groups (broad SMARTS) is 1. The van der Waals surface area contributed by atoms with Crippen LogP contribution in [0, 0.1) is 17.8 Å². The van der Waals surface area contributed by atoms with Gasteiger partial charge in [0.1, 0.15) is 0 Å². The number of carbonyl (C=O) groups is 2. The first-order valence-electron chi connectivity index (χ1n) is 9.35. The third-order valence-corrected chi connectivity index (χ3v) is 6.29. The smallest absolute Gasteiger partial charge is 0.308 e. The SMILES string of the molecule is O=C(NCC1CC1)[C@@H]1C2c3ccccc3C(c3ccccc32)[C@@H]1C(=O)O. The number of carbonyl (C=O) groups excluding carboxylic acids is 1. The average Bonchev–Trinajstić information content (AvgIpc) is 3.50. The minimum Gasteiger partial charge on any atom is -0.481 e. The molecule has 1 amide bonds. The van der Waals surface area contributed by atoms with Crippen LogP contribution in [0.3, 0.4) is 0 Å². The highest BCUT2D eigenvalue weighted by molar-refractivity contribution is 5.89. The lowest BCUT2D eigenvalue weighted by atomic mass is 9.54. The van der Waals surface area contributed by atoms with Gasteiger partial charge >= 0.3 is 5.97 Å². The van der Waals surface area contributed by atoms with E-state index in [2.05, 4.69) is 17.4 Å². The van der Waals surface area contributed by atoms with E-state index >= 15 is 0 Å². The van der Waals surface area contributed by atoms with E-state index in [1.165, 1.54) is 0 Å². The zero-order chi connectivity index (χ0) is 17.8. The summed E-state index contributed by atoms with van der Waals surface area (Å²) in [6.45, 7) is 0.669. The van der Waals surface area contributed by atoms with Crippen LogP contribution in [-0.2, 0) is 9.59 Å². The average molecular weight is 347 g/mol. The Morgan fingerprint density at radius 1 is 0.846 bits per heavy atom. The summed E-state index contributed by atoms with van der Waals surface area (Å²) < 4.78 is 0. The highest BCUT2D eigenvalue weighted by Gasteiger charge is 2.55. The lowest BCUT2D eigenvalue weighted by Crippen LogP contribution is -2.50. The van der Waals surface area contributed by atoms with Gasteiger partial charge in [0.05, 0.1) is 11.8 Å². The Morgan fingerprint density at radius 3 is 1.73 bits per heavy atom. The lowest BCUT2D eigenvalue weighted by Gasteiger charge is -2.48. The second kappa shape index (κ2) is 5.70. The molecule has 2 aromatic carbocycles. The first-order chi connectivity index (χ1) is 12.7. The third-order valence-electron chi connectivity index (χ3n) is 6.29. The van der Waals surface area contributed by atoms with Crippen molar-refractivity contribution in [1.82, 2.24) is 5.32 Å². The highest BCUT2D eigenvalue weighted by Crippen LogP contribution is 2.58. The van der Waals surface area contributed by atoms with Gasteiger partial charge in [-0.15, -0.1) is 0 Å². The molecule has 4 aliphatic rings. The van der Waals surface area contributed by atoms with Gasteiger partial charge in [-0.25, -0.2) is 0 Å². The predicted molar refractivity (Wildman–Crippen MR) is 96.9 cm³/mol. The molecule has 0 radical (unpaired) electrons. The fraction of sp³-hybridized carbons (Fsp3) is 0.364. The normalized spacial score (nSPS) is 28.2. The molecule has 132 valence electrons. The van der Waals surface area contributed by atoms with Crippen LogP contribution in [0.25, 0.3) is 0 Å². The van der Waals surface area contributed by atoms with Gasteiger partial charge in [-0.05, 0) is 41.0 Å². The number of hydrogen-bond donors (Lipinski definition) is 2. The molecule has 1 fully saturated rings. The number of aliphatic carboxylic acids is 1. The molecular weight excluding hydrogens is 326 g/mol. The van der Waals surface area contributed by atoms with E-state index in [1.54, 1.807) is 0 Å². The molecule has 2 bridgehead atoms. The van der Waals surface area contributed by atoms with Gasteiger partial charge in [0.2, 0.25) is 5.91 Å². The van der Waals surface area contributed by atoms with E-state index in [0.29, 0.717) is 12.5 Å². The van der Waals surface area contributed by atoms with Crippen LogP contribution in [0.15, 0.2) is 48.5 Å². The van der Waals surface area contributed by atoms with Gasteiger partial charge in [-0.2, -0.15) is 0 Å². The standard InChI is InChI=1S/C22H21NO3/c24-21(23-11-12-9-10-12)19-17-13-5-1-3-7-15(13)18(20(19)22(25)26)16-8-4-2-6-14(16)17/h1-8,12,17-20H,9-11H2,(H,23,24)(H,25,26)/t17?,18?,19-,20+/m1/s1. The summed E-state index contributed by atoms with van der Waals surface area (Å²) in [5.41, 5.74) is 4.35. The lowest BCUT2D eigenvalue weighted by molar-refractivity contribution is -0.149. The number of hydrogen-bond acceptors (Lipinski definition) is 2. The molecule has 0 aliphatic heterocycles. The van der Waals surface area contributed by atoms with Gasteiger partial charge in [-0.3, -0.25) is 9.59 Å². The second-order valence-corrected chi connectivity index (χ2v) is 7.79. The maximum absolute atomic E-state index is 13.1. The topological polar surface area (TPSA) is 66.4 Å². The second-order valence-electron chi connectivity index (χ2n) is 7.79. The Kier molecular flexibility index (Phi) is 3.42. The van der Waals surface area contributed by atoms with Gasteiger partial charge in [0, 0.05) is 18.4 Å². The molecule has 2 atom stereocenters. The maximum atomic E-state index is 13.1. The van der Waals surface area contributed by atoms with Crippen molar-refractivity contribution in [2.24, 2.45) is 17.8 Å². The molecule has 0 heterocycles. The number of benzene rings is 2. The number of fused-ring (bicyclic) bond motifs is 1. The Labute approximate surface area is 152 Å². The van der Waals surface area contributed by atoms with Gasteiger partial charge < -0.3 is 10.4 Å². The van der Waals surface area contributed by atoms with E-state index in [9.17, 15) is 14.7 Å². The zero-order valence-corrected chi connectivity index (χ0v) is 14.4. The fourth-order valence-corrected chi connectivity index (χ4v) is 4.97. The van der Waals surface area contributed by atoms with E-state index in [-0.39, 0.29) is 17.7 Å². The van der Waals surface area contributed by atoms with E-state index < -0.39 is 17.8 Å². The van der Waals surface area contributed by atoms with Crippen molar-refractivity contribution in [3.63, 3.8) is 0 Å². The predicted octanol–water partition coefficient (Wildman–Crippen LogP) is 3.12. The molecule has 4 aliphatic carbocycles. The molecule has 0 spiro atoms. The largest absolute Gasteiger partial charge is 0.481 e. The minimum atomic E-state index is -0.879. The van der Waals surface area contributed by atoms with Crippen molar-refractivity contribution in [2.75, 3.05) is 6.54 Å². The Hall–Kier alpha value is -2.62. The molecule has 2 N–H and O–H groups in total. The summed E-state index contributed by atoms with van der Waals surface area (Å²) in [4.78, 5) is 25.3.